The highest BCUT2D eigenvalue weighted by molar-refractivity contribution is 6.04. The number of hydrogen-bond acceptors (Lipinski definition) is 10. The quantitative estimate of drug-likeness (QED) is 0.275. The van der Waals surface area contributed by atoms with E-state index in [2.05, 4.69) is 36.8 Å². The minimum absolute atomic E-state index is 0.250. The standard InChI is InChI=1S/C28H31N9O4/c1-18(26-34-24(25(38)28(40)35(26)2)27(39)33-21-15-32-41-17-21)23(22-6-4-3-5-19(22)13-29)20-14-31-37(16-20)12-11-36-9-7-30-8-10-36/h3-6,14-18,23,30,38H,7-12H2,1-2H3,(H,33,39)/t18-,23+/m0/s1. The number of benzene rings is 1. The molecular formula is C28H31N9O4. The van der Waals surface area contributed by atoms with Crippen molar-refractivity contribution in [2.45, 2.75) is 25.3 Å². The van der Waals surface area contributed by atoms with Crippen LogP contribution < -0.4 is 16.2 Å². The normalized spacial score (nSPS) is 15.2. The summed E-state index contributed by atoms with van der Waals surface area (Å²) < 4.78 is 7.85. The molecule has 0 bridgehead atoms. The molecule has 1 fully saturated rings. The second-order valence-electron chi connectivity index (χ2n) is 9.99. The van der Waals surface area contributed by atoms with E-state index in [0.717, 1.165) is 43.9 Å². The monoisotopic (exact) mass is 557 g/mol. The van der Waals surface area contributed by atoms with Gasteiger partial charge in [-0.1, -0.05) is 30.3 Å². The average molecular weight is 558 g/mol. The zero-order valence-electron chi connectivity index (χ0n) is 22.8. The van der Waals surface area contributed by atoms with Gasteiger partial charge in [0.05, 0.1) is 30.6 Å². The Morgan fingerprint density at radius 2 is 2.02 bits per heavy atom. The van der Waals surface area contributed by atoms with Gasteiger partial charge in [-0.15, -0.1) is 0 Å². The van der Waals surface area contributed by atoms with E-state index in [-0.39, 0.29) is 11.5 Å². The maximum absolute atomic E-state index is 13.1. The van der Waals surface area contributed by atoms with Crippen LogP contribution in [0.15, 0.2) is 58.4 Å². The molecule has 1 aromatic carbocycles. The van der Waals surface area contributed by atoms with Crippen molar-refractivity contribution in [3.63, 3.8) is 0 Å². The second-order valence-corrected chi connectivity index (χ2v) is 9.99. The molecule has 0 aliphatic carbocycles. The van der Waals surface area contributed by atoms with Gasteiger partial charge in [0.2, 0.25) is 5.75 Å². The number of piperazine rings is 1. The molecule has 0 saturated carbocycles. The summed E-state index contributed by atoms with van der Waals surface area (Å²) in [7, 11) is 1.49. The van der Waals surface area contributed by atoms with Crippen LogP contribution in [0.4, 0.5) is 5.69 Å². The minimum Gasteiger partial charge on any atom is -0.501 e. The number of nitrogens with zero attached hydrogens (tertiary/aromatic N) is 7. The molecule has 2 atom stereocenters. The smallest absolute Gasteiger partial charge is 0.296 e. The molecule has 0 radical (unpaired) electrons. The Morgan fingerprint density at radius 3 is 2.76 bits per heavy atom. The number of hydrogen-bond donors (Lipinski definition) is 3. The average Bonchev–Trinajstić information content (AvgIpc) is 3.68. The summed E-state index contributed by atoms with van der Waals surface area (Å²) in [5.41, 5.74) is 1.11. The Morgan fingerprint density at radius 1 is 1.24 bits per heavy atom. The van der Waals surface area contributed by atoms with Gasteiger partial charge in [-0.05, 0) is 17.2 Å². The maximum atomic E-state index is 13.1. The van der Waals surface area contributed by atoms with E-state index in [9.17, 15) is 20.0 Å². The fourth-order valence-corrected chi connectivity index (χ4v) is 5.23. The Balaban J connectivity index is 1.52. The third-order valence-electron chi connectivity index (χ3n) is 7.40. The van der Waals surface area contributed by atoms with Gasteiger partial charge in [-0.2, -0.15) is 10.4 Å². The molecular weight excluding hydrogens is 526 g/mol. The minimum atomic E-state index is -0.786. The van der Waals surface area contributed by atoms with E-state index in [1.807, 2.05) is 29.9 Å². The van der Waals surface area contributed by atoms with Crippen molar-refractivity contribution >= 4 is 11.6 Å². The van der Waals surface area contributed by atoms with Crippen LogP contribution >= 0.6 is 0 Å². The topological polar surface area (TPSA) is 167 Å². The van der Waals surface area contributed by atoms with Gasteiger partial charge in [-0.25, -0.2) is 4.98 Å². The van der Waals surface area contributed by atoms with Crippen LogP contribution in [-0.2, 0) is 13.6 Å². The molecule has 1 amide bonds. The highest BCUT2D eigenvalue weighted by Gasteiger charge is 2.31. The molecule has 1 aliphatic rings. The van der Waals surface area contributed by atoms with E-state index < -0.39 is 34.7 Å². The summed E-state index contributed by atoms with van der Waals surface area (Å²) in [5.74, 6) is -2.24. The highest BCUT2D eigenvalue weighted by atomic mass is 16.5. The molecule has 13 nitrogen and oxygen atoms in total. The first-order valence-corrected chi connectivity index (χ1v) is 13.3. The van der Waals surface area contributed by atoms with Gasteiger partial charge in [0.25, 0.3) is 11.5 Å². The molecule has 3 aromatic heterocycles. The lowest BCUT2D eigenvalue weighted by molar-refractivity contribution is 0.101. The summed E-state index contributed by atoms with van der Waals surface area (Å²) >= 11 is 0. The molecule has 0 spiro atoms. The maximum Gasteiger partial charge on any atom is 0.296 e. The fraction of sp³-hybridized carbons (Fsp3) is 0.357. The number of carbonyl (C=O) groups is 1. The van der Waals surface area contributed by atoms with Crippen molar-refractivity contribution in [2.24, 2.45) is 7.05 Å². The zero-order chi connectivity index (χ0) is 28.9. The number of nitriles is 1. The molecule has 0 unspecified atom stereocenters. The molecule has 1 saturated heterocycles. The first-order valence-electron chi connectivity index (χ1n) is 13.3. The van der Waals surface area contributed by atoms with Crippen LogP contribution in [0, 0.1) is 11.3 Å². The Hall–Kier alpha value is -4.80. The lowest BCUT2D eigenvalue weighted by atomic mass is 9.80. The third-order valence-corrected chi connectivity index (χ3v) is 7.40. The molecule has 3 N–H and O–H groups in total. The van der Waals surface area contributed by atoms with E-state index in [0.29, 0.717) is 12.1 Å². The molecule has 13 heteroatoms. The van der Waals surface area contributed by atoms with Crippen LogP contribution in [0.1, 0.15) is 51.8 Å². The molecule has 1 aliphatic heterocycles. The summed E-state index contributed by atoms with van der Waals surface area (Å²) in [4.78, 5) is 32.9. The van der Waals surface area contributed by atoms with Crippen molar-refractivity contribution < 1.29 is 14.4 Å². The predicted molar refractivity (Wildman–Crippen MR) is 149 cm³/mol. The summed E-state index contributed by atoms with van der Waals surface area (Å²) in [6.45, 7) is 7.32. The van der Waals surface area contributed by atoms with Gasteiger partial charge in [0.15, 0.2) is 5.69 Å². The van der Waals surface area contributed by atoms with E-state index in [1.165, 1.54) is 24.1 Å². The number of rotatable bonds is 9. The number of nitrogens with one attached hydrogen (secondary N) is 2. The number of carbonyl (C=O) groups excluding carboxylic acids is 1. The van der Waals surface area contributed by atoms with Gasteiger partial charge in [0, 0.05) is 57.8 Å². The lowest BCUT2D eigenvalue weighted by Crippen LogP contribution is -2.44. The number of anilines is 1. The van der Waals surface area contributed by atoms with E-state index >= 15 is 0 Å². The van der Waals surface area contributed by atoms with E-state index in [4.69, 9.17) is 4.52 Å². The zero-order valence-corrected chi connectivity index (χ0v) is 22.8. The van der Waals surface area contributed by atoms with Crippen LogP contribution in [0.25, 0.3) is 0 Å². The Bertz CT molecular complexity index is 1610. The molecule has 41 heavy (non-hydrogen) atoms. The van der Waals surface area contributed by atoms with Crippen molar-refractivity contribution in [1.82, 2.24) is 34.7 Å². The van der Waals surface area contributed by atoms with Crippen molar-refractivity contribution in [3.8, 4) is 11.8 Å². The van der Waals surface area contributed by atoms with Crippen LogP contribution in [0.2, 0.25) is 0 Å². The van der Waals surface area contributed by atoms with Gasteiger partial charge in [0.1, 0.15) is 17.8 Å². The lowest BCUT2D eigenvalue weighted by Gasteiger charge is -2.27. The molecule has 4 heterocycles. The van der Waals surface area contributed by atoms with Gasteiger partial charge >= 0.3 is 0 Å². The Kier molecular flexibility index (Phi) is 8.23. The first kappa shape index (κ1) is 27.8. The Labute approximate surface area is 236 Å². The van der Waals surface area contributed by atoms with Crippen LogP contribution in [0.5, 0.6) is 5.75 Å². The number of aromatic hydroxyl groups is 1. The van der Waals surface area contributed by atoms with Gasteiger partial charge < -0.3 is 20.3 Å². The fourth-order valence-electron chi connectivity index (χ4n) is 5.23. The summed E-state index contributed by atoms with van der Waals surface area (Å²) in [6, 6.07) is 9.53. The first-order chi connectivity index (χ1) is 19.9. The van der Waals surface area contributed by atoms with E-state index in [1.54, 1.807) is 18.3 Å². The number of aromatic nitrogens is 5. The molecule has 4 aromatic rings. The van der Waals surface area contributed by atoms with Gasteiger partial charge in [-0.3, -0.25) is 23.7 Å². The van der Waals surface area contributed by atoms with Crippen LogP contribution in [-0.4, -0.2) is 73.1 Å². The van der Waals surface area contributed by atoms with Crippen molar-refractivity contribution in [2.75, 3.05) is 38.0 Å². The highest BCUT2D eigenvalue weighted by Crippen LogP contribution is 2.39. The summed E-state index contributed by atoms with van der Waals surface area (Å²) in [5, 5.41) is 34.5. The number of amides is 1. The molecule has 5 rings (SSSR count). The van der Waals surface area contributed by atoms with Crippen molar-refractivity contribution in [3.05, 3.63) is 87.7 Å². The third kappa shape index (κ3) is 5.88. The second kappa shape index (κ2) is 12.2. The molecule has 212 valence electrons. The van der Waals surface area contributed by atoms with Crippen LogP contribution in [0.3, 0.4) is 0 Å². The van der Waals surface area contributed by atoms with Crippen molar-refractivity contribution in [1.29, 1.82) is 5.26 Å². The predicted octanol–water partition coefficient (Wildman–Crippen LogP) is 1.64. The SMILES string of the molecule is C[C@H](c1nc(C(=O)Nc2cnoc2)c(O)c(=O)n1C)[C@H](c1cnn(CCN2CCNCC2)c1)c1ccccc1C#N. The largest absolute Gasteiger partial charge is 0.501 e. The summed E-state index contributed by atoms with van der Waals surface area (Å²) in [6.07, 6.45) is 6.23.